The fourth-order valence-electron chi connectivity index (χ4n) is 2.15. The predicted octanol–water partition coefficient (Wildman–Crippen LogP) is 4.84. The average Bonchev–Trinajstić information content (AvgIpc) is 2.77. The summed E-state index contributed by atoms with van der Waals surface area (Å²) in [5.41, 5.74) is 1.68. The largest absolute Gasteiger partial charge is 0.477 e. The lowest BCUT2D eigenvalue weighted by molar-refractivity contribution is 0.0703. The summed E-state index contributed by atoms with van der Waals surface area (Å²) < 4.78 is 0. The zero-order valence-electron chi connectivity index (χ0n) is 11.7. The Labute approximate surface area is 132 Å². The Bertz CT molecular complexity index is 711. The smallest absolute Gasteiger partial charge is 0.346 e. The van der Waals surface area contributed by atoms with Gasteiger partial charge in [-0.1, -0.05) is 37.6 Å². The fourth-order valence-corrected chi connectivity index (χ4v) is 3.60. The quantitative estimate of drug-likeness (QED) is 0.877. The SMILES string of the molecule is CC(C)Cc1sc(C(=O)O)c(-c2ccc(Cl)cc2)c1C#N. The van der Waals surface area contributed by atoms with Crippen molar-refractivity contribution in [3.63, 3.8) is 0 Å². The van der Waals surface area contributed by atoms with Crippen molar-refractivity contribution in [2.24, 2.45) is 5.92 Å². The maximum atomic E-state index is 11.5. The van der Waals surface area contributed by atoms with Gasteiger partial charge in [-0.25, -0.2) is 4.79 Å². The maximum Gasteiger partial charge on any atom is 0.346 e. The molecule has 0 amide bonds. The number of hydrogen-bond donors (Lipinski definition) is 1. The number of nitrogens with zero attached hydrogens (tertiary/aromatic N) is 1. The van der Waals surface area contributed by atoms with E-state index < -0.39 is 5.97 Å². The molecular formula is C16H14ClNO2S. The monoisotopic (exact) mass is 319 g/mol. The number of rotatable bonds is 4. The van der Waals surface area contributed by atoms with Crippen molar-refractivity contribution in [3.05, 3.63) is 44.6 Å². The Hall–Kier alpha value is -1.83. The number of hydrogen-bond acceptors (Lipinski definition) is 3. The molecule has 108 valence electrons. The van der Waals surface area contributed by atoms with Crippen LogP contribution in [-0.4, -0.2) is 11.1 Å². The topological polar surface area (TPSA) is 61.1 Å². The van der Waals surface area contributed by atoms with Crippen LogP contribution >= 0.6 is 22.9 Å². The molecule has 0 saturated heterocycles. The van der Waals surface area contributed by atoms with Crippen LogP contribution in [0.4, 0.5) is 0 Å². The van der Waals surface area contributed by atoms with Crippen LogP contribution in [0.3, 0.4) is 0 Å². The highest BCUT2D eigenvalue weighted by atomic mass is 35.5. The zero-order chi connectivity index (χ0) is 15.6. The molecule has 0 radical (unpaired) electrons. The number of halogens is 1. The lowest BCUT2D eigenvalue weighted by Gasteiger charge is -2.04. The summed E-state index contributed by atoms with van der Waals surface area (Å²) in [4.78, 5) is 12.5. The van der Waals surface area contributed by atoms with Gasteiger partial charge in [0.05, 0.1) is 5.56 Å². The first-order valence-electron chi connectivity index (χ1n) is 6.49. The van der Waals surface area contributed by atoms with Gasteiger partial charge in [-0.3, -0.25) is 0 Å². The number of carbonyl (C=O) groups is 1. The minimum absolute atomic E-state index is 0.213. The van der Waals surface area contributed by atoms with Gasteiger partial charge in [-0.2, -0.15) is 5.26 Å². The lowest BCUT2D eigenvalue weighted by Crippen LogP contribution is -1.96. The van der Waals surface area contributed by atoms with E-state index in [1.54, 1.807) is 24.3 Å². The van der Waals surface area contributed by atoms with E-state index >= 15 is 0 Å². The Morgan fingerprint density at radius 2 is 2.00 bits per heavy atom. The first-order valence-corrected chi connectivity index (χ1v) is 7.68. The van der Waals surface area contributed by atoms with Crippen molar-refractivity contribution in [3.8, 4) is 17.2 Å². The highest BCUT2D eigenvalue weighted by molar-refractivity contribution is 7.14. The van der Waals surface area contributed by atoms with Gasteiger partial charge in [0.1, 0.15) is 10.9 Å². The number of carboxylic acids is 1. The summed E-state index contributed by atoms with van der Waals surface area (Å²) in [6, 6.07) is 9.06. The standard InChI is InChI=1S/C16H14ClNO2S/c1-9(2)7-13-12(8-18)14(15(21-13)16(19)20)10-3-5-11(17)6-4-10/h3-6,9H,7H2,1-2H3,(H,19,20). The summed E-state index contributed by atoms with van der Waals surface area (Å²) in [5, 5.41) is 19.5. The summed E-state index contributed by atoms with van der Waals surface area (Å²) >= 11 is 7.06. The summed E-state index contributed by atoms with van der Waals surface area (Å²) in [6.45, 7) is 4.09. The molecule has 0 aliphatic carbocycles. The Morgan fingerprint density at radius 1 is 1.38 bits per heavy atom. The van der Waals surface area contributed by atoms with Crippen LogP contribution in [0.1, 0.15) is 34.0 Å². The second-order valence-electron chi connectivity index (χ2n) is 5.13. The van der Waals surface area contributed by atoms with Gasteiger partial charge in [0.25, 0.3) is 0 Å². The van der Waals surface area contributed by atoms with Crippen molar-refractivity contribution in [1.82, 2.24) is 0 Å². The molecule has 0 spiro atoms. The van der Waals surface area contributed by atoms with Gasteiger partial charge in [0.2, 0.25) is 0 Å². The summed E-state index contributed by atoms with van der Waals surface area (Å²) in [5.74, 6) is -0.646. The van der Waals surface area contributed by atoms with Gasteiger partial charge in [-0.15, -0.1) is 11.3 Å². The number of nitriles is 1. The molecular weight excluding hydrogens is 306 g/mol. The van der Waals surface area contributed by atoms with Gasteiger partial charge in [0, 0.05) is 15.5 Å². The molecule has 0 aliphatic rings. The molecule has 3 nitrogen and oxygen atoms in total. The highest BCUT2D eigenvalue weighted by Gasteiger charge is 2.24. The minimum atomic E-state index is -1.00. The molecule has 1 aromatic heterocycles. The maximum absolute atomic E-state index is 11.5. The molecule has 21 heavy (non-hydrogen) atoms. The van der Waals surface area contributed by atoms with E-state index in [1.165, 1.54) is 11.3 Å². The molecule has 0 aliphatic heterocycles. The van der Waals surface area contributed by atoms with Gasteiger partial charge in [0.15, 0.2) is 0 Å². The van der Waals surface area contributed by atoms with E-state index in [0.717, 1.165) is 4.88 Å². The molecule has 0 saturated carbocycles. The molecule has 0 unspecified atom stereocenters. The first-order chi connectivity index (χ1) is 9.93. The average molecular weight is 320 g/mol. The van der Waals surface area contributed by atoms with E-state index in [4.69, 9.17) is 11.6 Å². The molecule has 0 atom stereocenters. The summed E-state index contributed by atoms with van der Waals surface area (Å²) in [7, 11) is 0. The van der Waals surface area contributed by atoms with Crippen molar-refractivity contribution in [1.29, 1.82) is 5.26 Å². The number of aromatic carboxylic acids is 1. The third-order valence-corrected chi connectivity index (χ3v) is 4.47. The second-order valence-corrected chi connectivity index (χ2v) is 6.67. The molecule has 2 rings (SSSR count). The van der Waals surface area contributed by atoms with Crippen LogP contribution < -0.4 is 0 Å². The molecule has 1 aromatic carbocycles. The summed E-state index contributed by atoms with van der Waals surface area (Å²) in [6.07, 6.45) is 0.696. The molecule has 2 aromatic rings. The Morgan fingerprint density at radius 3 is 2.48 bits per heavy atom. The van der Waals surface area contributed by atoms with E-state index in [0.29, 0.717) is 34.1 Å². The van der Waals surface area contributed by atoms with Gasteiger partial charge < -0.3 is 5.11 Å². The van der Waals surface area contributed by atoms with Crippen LogP contribution in [0.5, 0.6) is 0 Å². The van der Waals surface area contributed by atoms with Crippen LogP contribution in [0.15, 0.2) is 24.3 Å². The molecule has 1 N–H and O–H groups in total. The van der Waals surface area contributed by atoms with Gasteiger partial charge >= 0.3 is 5.97 Å². The van der Waals surface area contributed by atoms with Crippen molar-refractivity contribution in [2.75, 3.05) is 0 Å². The minimum Gasteiger partial charge on any atom is -0.477 e. The Kier molecular flexibility index (Phi) is 4.66. The number of benzene rings is 1. The molecule has 0 bridgehead atoms. The highest BCUT2D eigenvalue weighted by Crippen LogP contribution is 2.38. The van der Waals surface area contributed by atoms with E-state index in [9.17, 15) is 15.2 Å². The number of carboxylic acid groups (broad SMARTS) is 1. The van der Waals surface area contributed by atoms with E-state index in [1.807, 2.05) is 13.8 Å². The van der Waals surface area contributed by atoms with Crippen LogP contribution in [0, 0.1) is 17.2 Å². The van der Waals surface area contributed by atoms with Crippen LogP contribution in [-0.2, 0) is 6.42 Å². The number of thiophene rings is 1. The normalized spacial score (nSPS) is 10.6. The first kappa shape index (κ1) is 15.6. The van der Waals surface area contributed by atoms with Gasteiger partial charge in [-0.05, 0) is 30.0 Å². The fraction of sp³-hybridized carbons (Fsp3) is 0.250. The Balaban J connectivity index is 2.67. The predicted molar refractivity (Wildman–Crippen MR) is 85.0 cm³/mol. The van der Waals surface area contributed by atoms with E-state index in [2.05, 4.69) is 6.07 Å². The zero-order valence-corrected chi connectivity index (χ0v) is 13.3. The molecule has 1 heterocycles. The van der Waals surface area contributed by atoms with Crippen molar-refractivity contribution < 1.29 is 9.90 Å². The lowest BCUT2D eigenvalue weighted by atomic mass is 9.98. The third kappa shape index (κ3) is 3.26. The van der Waals surface area contributed by atoms with Crippen molar-refractivity contribution in [2.45, 2.75) is 20.3 Å². The van der Waals surface area contributed by atoms with Crippen LogP contribution in [0.25, 0.3) is 11.1 Å². The van der Waals surface area contributed by atoms with Crippen LogP contribution in [0.2, 0.25) is 5.02 Å². The van der Waals surface area contributed by atoms with E-state index in [-0.39, 0.29) is 4.88 Å². The molecule has 5 heteroatoms. The second kappa shape index (κ2) is 6.30. The third-order valence-electron chi connectivity index (χ3n) is 3.01. The molecule has 0 fully saturated rings. The van der Waals surface area contributed by atoms with Crippen molar-refractivity contribution >= 4 is 28.9 Å².